The van der Waals surface area contributed by atoms with Crippen LogP contribution in [0.25, 0.3) is 0 Å². The molecule has 1 aromatic heterocycles. The highest BCUT2D eigenvalue weighted by Crippen LogP contribution is 2.34. The number of hydrogen-bond acceptors (Lipinski definition) is 3. The molecule has 1 aliphatic rings. The van der Waals surface area contributed by atoms with E-state index in [1.807, 2.05) is 13.8 Å². The molecule has 0 radical (unpaired) electrons. The number of aromatic nitrogens is 1. The number of fused-ring (bicyclic) bond motifs is 1. The third-order valence-electron chi connectivity index (χ3n) is 2.03. The summed E-state index contributed by atoms with van der Waals surface area (Å²) in [6.07, 6.45) is 0.722. The van der Waals surface area contributed by atoms with Gasteiger partial charge in [0, 0.05) is 12.0 Å². The van der Waals surface area contributed by atoms with Crippen molar-refractivity contribution < 1.29 is 9.13 Å². The molecule has 4 heteroatoms. The first-order chi connectivity index (χ1) is 5.98. The van der Waals surface area contributed by atoms with Crippen molar-refractivity contribution in [1.29, 1.82) is 0 Å². The molecule has 0 aromatic carbocycles. The van der Waals surface area contributed by atoms with Gasteiger partial charge in [0.1, 0.15) is 5.60 Å². The molecule has 70 valence electrons. The summed E-state index contributed by atoms with van der Waals surface area (Å²) in [6.45, 7) is 3.87. The lowest BCUT2D eigenvalue weighted by molar-refractivity contribution is 0.132. The summed E-state index contributed by atoms with van der Waals surface area (Å²) >= 11 is 0. The van der Waals surface area contributed by atoms with E-state index < -0.39 is 5.95 Å². The van der Waals surface area contributed by atoms with Gasteiger partial charge in [-0.1, -0.05) is 0 Å². The Morgan fingerprint density at radius 3 is 3.00 bits per heavy atom. The molecule has 2 rings (SSSR count). The Hall–Kier alpha value is -1.32. The minimum absolute atomic E-state index is 0.0834. The monoisotopic (exact) mass is 182 g/mol. The summed E-state index contributed by atoms with van der Waals surface area (Å²) in [4.78, 5) is 3.63. The van der Waals surface area contributed by atoms with Crippen molar-refractivity contribution in [2.45, 2.75) is 25.9 Å². The average molecular weight is 182 g/mol. The van der Waals surface area contributed by atoms with Gasteiger partial charge in [-0.15, -0.1) is 0 Å². The van der Waals surface area contributed by atoms with Crippen LogP contribution in [0.15, 0.2) is 6.07 Å². The summed E-state index contributed by atoms with van der Waals surface area (Å²) in [5, 5.41) is 0. The second-order valence-electron chi connectivity index (χ2n) is 3.87. The molecule has 0 fully saturated rings. The van der Waals surface area contributed by atoms with Gasteiger partial charge in [0.05, 0.1) is 5.69 Å². The molecule has 13 heavy (non-hydrogen) atoms. The van der Waals surface area contributed by atoms with Gasteiger partial charge >= 0.3 is 0 Å². The Bertz CT molecular complexity index is 330. The van der Waals surface area contributed by atoms with E-state index in [1.165, 1.54) is 0 Å². The third-order valence-corrected chi connectivity index (χ3v) is 2.03. The predicted molar refractivity (Wildman–Crippen MR) is 47.0 cm³/mol. The van der Waals surface area contributed by atoms with E-state index in [9.17, 15) is 4.39 Å². The fraction of sp³-hybridized carbons (Fsp3) is 0.444. The summed E-state index contributed by atoms with van der Waals surface area (Å²) in [7, 11) is 0. The lowest BCUT2D eigenvalue weighted by atomic mass is 10.0. The topological polar surface area (TPSA) is 48.1 Å². The Morgan fingerprint density at radius 2 is 2.31 bits per heavy atom. The highest BCUT2D eigenvalue weighted by Gasteiger charge is 2.31. The van der Waals surface area contributed by atoms with Crippen LogP contribution in [0.5, 0.6) is 5.88 Å². The number of nitrogens with two attached hydrogens (primary N) is 1. The van der Waals surface area contributed by atoms with Gasteiger partial charge in [-0.05, 0) is 19.9 Å². The number of anilines is 1. The second-order valence-corrected chi connectivity index (χ2v) is 3.87. The number of pyridine rings is 1. The Morgan fingerprint density at radius 1 is 1.62 bits per heavy atom. The average Bonchev–Trinajstić information content (AvgIpc) is 2.24. The maximum atomic E-state index is 12.9. The van der Waals surface area contributed by atoms with Gasteiger partial charge in [-0.25, -0.2) is 0 Å². The molecule has 1 aliphatic heterocycles. The van der Waals surface area contributed by atoms with Crippen molar-refractivity contribution in [2.75, 3.05) is 5.73 Å². The van der Waals surface area contributed by atoms with Crippen LogP contribution in [0.2, 0.25) is 0 Å². The van der Waals surface area contributed by atoms with E-state index in [4.69, 9.17) is 10.5 Å². The van der Waals surface area contributed by atoms with Crippen LogP contribution in [0.1, 0.15) is 19.4 Å². The lowest BCUT2D eigenvalue weighted by Crippen LogP contribution is -2.24. The van der Waals surface area contributed by atoms with E-state index in [0.29, 0.717) is 5.88 Å². The molecule has 0 saturated heterocycles. The normalized spacial score (nSPS) is 18.1. The molecule has 0 spiro atoms. The largest absolute Gasteiger partial charge is 0.471 e. The Labute approximate surface area is 75.7 Å². The van der Waals surface area contributed by atoms with Crippen molar-refractivity contribution in [3.8, 4) is 5.88 Å². The molecule has 3 nitrogen and oxygen atoms in total. The molecular formula is C9H11FN2O. The fourth-order valence-corrected chi connectivity index (χ4v) is 1.51. The number of nitrogen functional groups attached to an aromatic ring is 1. The first kappa shape index (κ1) is 8.29. The van der Waals surface area contributed by atoms with E-state index in [1.54, 1.807) is 6.07 Å². The van der Waals surface area contributed by atoms with Crippen molar-refractivity contribution in [1.82, 2.24) is 4.98 Å². The van der Waals surface area contributed by atoms with Crippen molar-refractivity contribution in [2.24, 2.45) is 0 Å². The van der Waals surface area contributed by atoms with Gasteiger partial charge < -0.3 is 10.5 Å². The molecular weight excluding hydrogens is 171 g/mol. The van der Waals surface area contributed by atoms with E-state index in [-0.39, 0.29) is 11.3 Å². The summed E-state index contributed by atoms with van der Waals surface area (Å²) in [5.41, 5.74) is 6.05. The standard InChI is InChI=1S/C9H11FN2O/c1-9(2)4-5-3-6(11)7(10)12-8(5)13-9/h3H,4,11H2,1-2H3. The highest BCUT2D eigenvalue weighted by molar-refractivity contribution is 5.46. The quantitative estimate of drug-likeness (QED) is 0.619. The number of rotatable bonds is 0. The van der Waals surface area contributed by atoms with Gasteiger partial charge in [-0.3, -0.25) is 0 Å². The number of hydrogen-bond donors (Lipinski definition) is 1. The zero-order valence-corrected chi connectivity index (χ0v) is 7.60. The van der Waals surface area contributed by atoms with Gasteiger partial charge in [0.2, 0.25) is 11.8 Å². The first-order valence-electron chi connectivity index (χ1n) is 4.12. The summed E-state index contributed by atoms with van der Waals surface area (Å²) < 4.78 is 18.3. The van der Waals surface area contributed by atoms with Crippen LogP contribution >= 0.6 is 0 Å². The number of ether oxygens (including phenoxy) is 1. The van der Waals surface area contributed by atoms with Crippen LogP contribution in [-0.4, -0.2) is 10.6 Å². The van der Waals surface area contributed by atoms with Gasteiger partial charge in [-0.2, -0.15) is 9.37 Å². The molecule has 2 heterocycles. The molecule has 0 bridgehead atoms. The molecule has 0 saturated carbocycles. The minimum atomic E-state index is -0.656. The minimum Gasteiger partial charge on any atom is -0.471 e. The highest BCUT2D eigenvalue weighted by atomic mass is 19.1. The first-order valence-corrected chi connectivity index (χ1v) is 4.12. The van der Waals surface area contributed by atoms with Crippen LogP contribution in [-0.2, 0) is 6.42 Å². The lowest BCUT2D eigenvalue weighted by Gasteiger charge is -2.15. The zero-order valence-electron chi connectivity index (χ0n) is 7.60. The SMILES string of the molecule is CC1(C)Cc2cc(N)c(F)nc2O1. The van der Waals surface area contributed by atoms with Gasteiger partial charge in [0.25, 0.3) is 0 Å². The van der Waals surface area contributed by atoms with E-state index in [2.05, 4.69) is 4.98 Å². The predicted octanol–water partition coefficient (Wildman–Crippen LogP) is 1.52. The fourth-order valence-electron chi connectivity index (χ4n) is 1.51. The van der Waals surface area contributed by atoms with Crippen molar-refractivity contribution >= 4 is 5.69 Å². The van der Waals surface area contributed by atoms with Crippen LogP contribution in [0, 0.1) is 5.95 Å². The summed E-state index contributed by atoms with van der Waals surface area (Å²) in [5.74, 6) is -0.284. The van der Waals surface area contributed by atoms with Crippen LogP contribution in [0.4, 0.5) is 10.1 Å². The van der Waals surface area contributed by atoms with Gasteiger partial charge in [0.15, 0.2) is 0 Å². The number of halogens is 1. The smallest absolute Gasteiger partial charge is 0.239 e. The molecule has 0 aliphatic carbocycles. The van der Waals surface area contributed by atoms with Crippen molar-refractivity contribution in [3.63, 3.8) is 0 Å². The van der Waals surface area contributed by atoms with E-state index in [0.717, 1.165) is 12.0 Å². The molecule has 1 aromatic rings. The van der Waals surface area contributed by atoms with Crippen LogP contribution < -0.4 is 10.5 Å². The van der Waals surface area contributed by atoms with Crippen LogP contribution in [0.3, 0.4) is 0 Å². The third kappa shape index (κ3) is 1.32. The van der Waals surface area contributed by atoms with Crippen molar-refractivity contribution in [3.05, 3.63) is 17.6 Å². The molecule has 0 unspecified atom stereocenters. The number of nitrogens with zero attached hydrogens (tertiary/aromatic N) is 1. The maximum absolute atomic E-state index is 12.9. The second kappa shape index (κ2) is 2.34. The van der Waals surface area contributed by atoms with E-state index >= 15 is 0 Å². The Kier molecular flexibility index (Phi) is 1.49. The maximum Gasteiger partial charge on any atom is 0.239 e. The Balaban J connectivity index is 2.48. The summed E-state index contributed by atoms with van der Waals surface area (Å²) in [6, 6.07) is 1.59. The molecule has 0 atom stereocenters. The zero-order chi connectivity index (χ0) is 9.64. The molecule has 0 amide bonds. The molecule has 2 N–H and O–H groups in total.